The Hall–Kier alpha value is -2.18. The number of benzene rings is 2. The topological polar surface area (TPSA) is 75.3 Å². The Kier molecular flexibility index (Phi) is 5.74. The van der Waals surface area contributed by atoms with E-state index in [0.717, 1.165) is 24.0 Å². The number of amides is 1. The molecule has 5 nitrogen and oxygen atoms in total. The Labute approximate surface area is 154 Å². The van der Waals surface area contributed by atoms with Gasteiger partial charge in [-0.3, -0.25) is 4.79 Å². The average Bonchev–Trinajstić information content (AvgIpc) is 3.44. The summed E-state index contributed by atoms with van der Waals surface area (Å²) in [5.41, 5.74) is 2.01. The summed E-state index contributed by atoms with van der Waals surface area (Å²) in [6.07, 6.45) is 2.76. The van der Waals surface area contributed by atoms with E-state index >= 15 is 0 Å². The summed E-state index contributed by atoms with van der Waals surface area (Å²) in [5.74, 6) is -0.0200. The quantitative estimate of drug-likeness (QED) is 0.748. The molecule has 2 aromatic rings. The summed E-state index contributed by atoms with van der Waals surface area (Å²) in [5, 5.41) is 2.99. The first-order chi connectivity index (χ1) is 12.4. The molecule has 0 aliphatic heterocycles. The van der Waals surface area contributed by atoms with Crippen molar-refractivity contribution in [1.29, 1.82) is 0 Å². The first-order valence-corrected chi connectivity index (χ1v) is 10.4. The summed E-state index contributed by atoms with van der Waals surface area (Å²) >= 11 is 0. The number of hydrogen-bond donors (Lipinski definition) is 2. The van der Waals surface area contributed by atoms with Crippen LogP contribution in [0.15, 0.2) is 59.5 Å². The largest absolute Gasteiger partial charge is 0.350 e. The van der Waals surface area contributed by atoms with Gasteiger partial charge in [0.2, 0.25) is 15.9 Å². The molecule has 1 saturated carbocycles. The van der Waals surface area contributed by atoms with Crippen molar-refractivity contribution in [3.8, 4) is 0 Å². The van der Waals surface area contributed by atoms with E-state index in [2.05, 4.69) is 10.0 Å². The summed E-state index contributed by atoms with van der Waals surface area (Å²) in [6.45, 7) is 1.96. The molecule has 1 amide bonds. The van der Waals surface area contributed by atoms with Crippen molar-refractivity contribution in [3.05, 3.63) is 65.7 Å². The van der Waals surface area contributed by atoms with Crippen molar-refractivity contribution in [2.75, 3.05) is 0 Å². The molecule has 0 radical (unpaired) electrons. The van der Waals surface area contributed by atoms with Crippen LogP contribution in [0.4, 0.5) is 0 Å². The van der Waals surface area contributed by atoms with Crippen LogP contribution >= 0.6 is 0 Å². The van der Waals surface area contributed by atoms with Crippen molar-refractivity contribution in [1.82, 2.24) is 10.0 Å². The first kappa shape index (κ1) is 18.6. The average molecular weight is 372 g/mol. The third-order valence-corrected chi connectivity index (χ3v) is 5.99. The van der Waals surface area contributed by atoms with Crippen molar-refractivity contribution in [2.45, 2.75) is 49.6 Å². The molecule has 0 aromatic heterocycles. The van der Waals surface area contributed by atoms with Gasteiger partial charge < -0.3 is 5.32 Å². The second-order valence-corrected chi connectivity index (χ2v) is 8.45. The Morgan fingerprint density at radius 3 is 2.35 bits per heavy atom. The van der Waals surface area contributed by atoms with Gasteiger partial charge in [-0.15, -0.1) is 0 Å². The summed E-state index contributed by atoms with van der Waals surface area (Å²) in [6, 6.07) is 16.6. The minimum absolute atomic E-state index is 0.0200. The van der Waals surface area contributed by atoms with Crippen LogP contribution in [-0.4, -0.2) is 20.4 Å². The van der Waals surface area contributed by atoms with E-state index in [1.165, 1.54) is 0 Å². The highest BCUT2D eigenvalue weighted by Gasteiger charge is 2.27. The van der Waals surface area contributed by atoms with Crippen LogP contribution in [0.3, 0.4) is 0 Å². The predicted octanol–water partition coefficient (Wildman–Crippen LogP) is 2.94. The van der Waals surface area contributed by atoms with Crippen LogP contribution in [0.1, 0.15) is 43.4 Å². The lowest BCUT2D eigenvalue weighted by Crippen LogP contribution is -2.26. The number of carbonyl (C=O) groups excluding carboxylic acids is 1. The number of nitrogens with one attached hydrogen (secondary N) is 2. The lowest BCUT2D eigenvalue weighted by atomic mass is 10.1. The van der Waals surface area contributed by atoms with E-state index in [4.69, 9.17) is 0 Å². The summed E-state index contributed by atoms with van der Waals surface area (Å²) in [7, 11) is -3.42. The fourth-order valence-electron chi connectivity index (χ4n) is 2.72. The molecule has 0 spiro atoms. The zero-order valence-electron chi connectivity index (χ0n) is 14.8. The van der Waals surface area contributed by atoms with Crippen LogP contribution in [0.2, 0.25) is 0 Å². The molecule has 3 rings (SSSR count). The lowest BCUT2D eigenvalue weighted by Gasteiger charge is -2.14. The van der Waals surface area contributed by atoms with Gasteiger partial charge in [-0.25, -0.2) is 13.1 Å². The van der Waals surface area contributed by atoms with Crippen LogP contribution in [0.5, 0.6) is 0 Å². The Morgan fingerprint density at radius 2 is 1.73 bits per heavy atom. The molecule has 1 aliphatic carbocycles. The zero-order chi connectivity index (χ0) is 18.6. The van der Waals surface area contributed by atoms with E-state index in [0.29, 0.717) is 12.8 Å². The van der Waals surface area contributed by atoms with Crippen molar-refractivity contribution in [2.24, 2.45) is 0 Å². The van der Waals surface area contributed by atoms with Gasteiger partial charge in [-0.05, 0) is 49.4 Å². The molecular formula is C20H24N2O3S. The molecular weight excluding hydrogens is 348 g/mol. The number of aryl methyl sites for hydroxylation is 1. The molecule has 0 bridgehead atoms. The standard InChI is InChI=1S/C20H24N2O3S/c1-15(17-5-3-2-4-6-17)21-20(23)14-9-16-7-12-19(13-8-16)26(24,25)22-18-10-11-18/h2-8,12-13,15,18,22H,9-11,14H2,1H3,(H,21,23)/t15-/m1/s1. The highest BCUT2D eigenvalue weighted by Crippen LogP contribution is 2.22. The Balaban J connectivity index is 1.50. The maximum Gasteiger partial charge on any atom is 0.240 e. The van der Waals surface area contributed by atoms with Gasteiger partial charge in [0.05, 0.1) is 10.9 Å². The van der Waals surface area contributed by atoms with Crippen molar-refractivity contribution in [3.63, 3.8) is 0 Å². The molecule has 138 valence electrons. The molecule has 26 heavy (non-hydrogen) atoms. The van der Waals surface area contributed by atoms with Crippen LogP contribution in [-0.2, 0) is 21.2 Å². The molecule has 0 saturated heterocycles. The zero-order valence-corrected chi connectivity index (χ0v) is 15.6. The highest BCUT2D eigenvalue weighted by molar-refractivity contribution is 7.89. The normalized spacial score (nSPS) is 15.4. The van der Waals surface area contributed by atoms with Gasteiger partial charge in [0, 0.05) is 12.5 Å². The van der Waals surface area contributed by atoms with Gasteiger partial charge >= 0.3 is 0 Å². The van der Waals surface area contributed by atoms with Crippen molar-refractivity contribution < 1.29 is 13.2 Å². The second kappa shape index (κ2) is 8.01. The van der Waals surface area contributed by atoms with Gasteiger partial charge in [0.1, 0.15) is 0 Å². The number of rotatable bonds is 8. The molecule has 1 aliphatic rings. The maximum absolute atomic E-state index is 12.1. The monoisotopic (exact) mass is 372 g/mol. The van der Waals surface area contributed by atoms with E-state index in [9.17, 15) is 13.2 Å². The summed E-state index contributed by atoms with van der Waals surface area (Å²) in [4.78, 5) is 12.4. The summed E-state index contributed by atoms with van der Waals surface area (Å²) < 4.78 is 26.9. The fourth-order valence-corrected chi connectivity index (χ4v) is 4.03. The number of sulfonamides is 1. The Bertz CT molecular complexity index is 844. The maximum atomic E-state index is 12.1. The predicted molar refractivity (Wildman–Crippen MR) is 101 cm³/mol. The van der Waals surface area contributed by atoms with Gasteiger partial charge in [-0.1, -0.05) is 42.5 Å². The van der Waals surface area contributed by atoms with Crippen LogP contribution in [0, 0.1) is 0 Å². The molecule has 1 fully saturated rings. The van der Waals surface area contributed by atoms with Crippen LogP contribution in [0.25, 0.3) is 0 Å². The van der Waals surface area contributed by atoms with E-state index in [-0.39, 0.29) is 22.9 Å². The van der Waals surface area contributed by atoms with Gasteiger partial charge in [0.15, 0.2) is 0 Å². The SMILES string of the molecule is C[C@@H](NC(=O)CCc1ccc(S(=O)(=O)NC2CC2)cc1)c1ccccc1. The molecule has 1 atom stereocenters. The fraction of sp³-hybridized carbons (Fsp3) is 0.350. The van der Waals surface area contributed by atoms with E-state index < -0.39 is 10.0 Å². The van der Waals surface area contributed by atoms with Gasteiger partial charge in [0.25, 0.3) is 0 Å². The highest BCUT2D eigenvalue weighted by atomic mass is 32.2. The smallest absolute Gasteiger partial charge is 0.240 e. The molecule has 6 heteroatoms. The molecule has 0 heterocycles. The third kappa shape index (κ3) is 5.16. The first-order valence-electron chi connectivity index (χ1n) is 8.89. The van der Waals surface area contributed by atoms with E-state index in [1.54, 1.807) is 24.3 Å². The Morgan fingerprint density at radius 1 is 1.08 bits per heavy atom. The lowest BCUT2D eigenvalue weighted by molar-refractivity contribution is -0.121. The molecule has 2 aromatic carbocycles. The van der Waals surface area contributed by atoms with Crippen molar-refractivity contribution >= 4 is 15.9 Å². The third-order valence-electron chi connectivity index (χ3n) is 4.45. The molecule has 2 N–H and O–H groups in total. The minimum atomic E-state index is -3.42. The molecule has 0 unspecified atom stereocenters. The van der Waals surface area contributed by atoms with Crippen LogP contribution < -0.4 is 10.0 Å². The second-order valence-electron chi connectivity index (χ2n) is 6.74. The van der Waals surface area contributed by atoms with Gasteiger partial charge in [-0.2, -0.15) is 0 Å². The number of carbonyl (C=O) groups is 1. The minimum Gasteiger partial charge on any atom is -0.350 e. The number of hydrogen-bond acceptors (Lipinski definition) is 3. The van der Waals surface area contributed by atoms with E-state index in [1.807, 2.05) is 37.3 Å².